The second-order valence-electron chi connectivity index (χ2n) is 3.86. The Balaban J connectivity index is 2.11. The van der Waals surface area contributed by atoms with Crippen LogP contribution in [-0.2, 0) is 10.0 Å². The zero-order valence-electron chi connectivity index (χ0n) is 10.1. The number of hydrazone groups is 1. The van der Waals surface area contributed by atoms with Gasteiger partial charge in [0.25, 0.3) is 10.0 Å². The van der Waals surface area contributed by atoms with E-state index in [1.165, 1.54) is 18.3 Å². The first-order chi connectivity index (χ1) is 9.47. The molecule has 0 heterocycles. The van der Waals surface area contributed by atoms with Crippen molar-refractivity contribution in [3.05, 3.63) is 63.6 Å². The molecule has 2 rings (SSSR count). The van der Waals surface area contributed by atoms with Crippen molar-refractivity contribution in [1.82, 2.24) is 4.83 Å². The van der Waals surface area contributed by atoms with Crippen LogP contribution in [0.2, 0.25) is 5.02 Å². The molecule has 104 valence electrons. The molecule has 0 bridgehead atoms. The van der Waals surface area contributed by atoms with Gasteiger partial charge in [0.15, 0.2) is 0 Å². The Morgan fingerprint density at radius 3 is 2.50 bits per heavy atom. The number of rotatable bonds is 4. The average Bonchev–Trinajstić information content (AvgIpc) is 2.39. The summed E-state index contributed by atoms with van der Waals surface area (Å²) in [6.45, 7) is 0. The molecular formula is C13H10BrClN2O2S. The molecule has 0 unspecified atom stereocenters. The van der Waals surface area contributed by atoms with Crippen molar-refractivity contribution >= 4 is 43.8 Å². The van der Waals surface area contributed by atoms with Crippen molar-refractivity contribution in [2.75, 3.05) is 0 Å². The predicted octanol–water partition coefficient (Wildman–Crippen LogP) is 3.41. The van der Waals surface area contributed by atoms with Gasteiger partial charge < -0.3 is 0 Å². The van der Waals surface area contributed by atoms with Crippen LogP contribution in [0, 0.1) is 0 Å². The molecule has 0 spiro atoms. The van der Waals surface area contributed by atoms with Crippen LogP contribution in [0.4, 0.5) is 0 Å². The number of nitrogens with one attached hydrogen (secondary N) is 1. The lowest BCUT2D eigenvalue weighted by atomic mass is 10.2. The zero-order valence-corrected chi connectivity index (χ0v) is 13.3. The van der Waals surface area contributed by atoms with Crippen molar-refractivity contribution in [1.29, 1.82) is 0 Å². The summed E-state index contributed by atoms with van der Waals surface area (Å²) in [6.07, 6.45) is 1.39. The number of hydrogen-bond acceptors (Lipinski definition) is 3. The molecule has 0 aromatic heterocycles. The maximum absolute atomic E-state index is 11.9. The fourth-order valence-electron chi connectivity index (χ4n) is 1.42. The first-order valence-electron chi connectivity index (χ1n) is 5.53. The van der Waals surface area contributed by atoms with Crippen LogP contribution in [0.15, 0.2) is 63.0 Å². The largest absolute Gasteiger partial charge is 0.276 e. The van der Waals surface area contributed by atoms with Gasteiger partial charge in [-0.05, 0) is 42.0 Å². The summed E-state index contributed by atoms with van der Waals surface area (Å²) >= 11 is 9.06. The topological polar surface area (TPSA) is 58.5 Å². The molecule has 0 aliphatic carbocycles. The van der Waals surface area contributed by atoms with E-state index in [-0.39, 0.29) is 4.90 Å². The quantitative estimate of drug-likeness (QED) is 0.659. The zero-order chi connectivity index (χ0) is 14.6. The first-order valence-corrected chi connectivity index (χ1v) is 8.19. The third-order valence-corrected chi connectivity index (χ3v) is 4.36. The lowest BCUT2D eigenvalue weighted by Crippen LogP contribution is -2.18. The highest BCUT2D eigenvalue weighted by atomic mass is 79.9. The van der Waals surface area contributed by atoms with Crippen molar-refractivity contribution in [2.45, 2.75) is 4.90 Å². The molecule has 0 amide bonds. The van der Waals surface area contributed by atoms with Gasteiger partial charge in [-0.3, -0.25) is 0 Å². The van der Waals surface area contributed by atoms with Crippen LogP contribution in [0.5, 0.6) is 0 Å². The summed E-state index contributed by atoms with van der Waals surface area (Å²) in [5.41, 5.74) is 0.705. The van der Waals surface area contributed by atoms with E-state index in [1.807, 2.05) is 0 Å². The number of hydrogen-bond donors (Lipinski definition) is 1. The first kappa shape index (κ1) is 15.0. The van der Waals surface area contributed by atoms with Crippen molar-refractivity contribution in [3.63, 3.8) is 0 Å². The summed E-state index contributed by atoms with van der Waals surface area (Å²) in [5.74, 6) is 0. The molecule has 20 heavy (non-hydrogen) atoms. The fourth-order valence-corrected chi connectivity index (χ4v) is 2.68. The fraction of sp³-hybridized carbons (Fsp3) is 0. The second kappa shape index (κ2) is 6.39. The SMILES string of the molecule is O=S(=O)(NN=Cc1cccc(Cl)c1)c1ccc(Br)cc1. The van der Waals surface area contributed by atoms with Gasteiger partial charge in [0.05, 0.1) is 11.1 Å². The van der Waals surface area contributed by atoms with E-state index in [1.54, 1.807) is 36.4 Å². The van der Waals surface area contributed by atoms with Crippen LogP contribution in [0.3, 0.4) is 0 Å². The van der Waals surface area contributed by atoms with Crippen LogP contribution < -0.4 is 4.83 Å². The molecule has 2 aromatic carbocycles. The second-order valence-corrected chi connectivity index (χ2v) is 6.87. The molecule has 0 aliphatic rings. The van der Waals surface area contributed by atoms with Crippen LogP contribution in [0.25, 0.3) is 0 Å². The lowest BCUT2D eigenvalue weighted by molar-refractivity contribution is 0.584. The molecule has 1 N–H and O–H groups in total. The minimum atomic E-state index is -3.66. The predicted molar refractivity (Wildman–Crippen MR) is 83.5 cm³/mol. The Labute approximate surface area is 130 Å². The van der Waals surface area contributed by atoms with Gasteiger partial charge in [-0.1, -0.05) is 39.7 Å². The standard InChI is InChI=1S/C13H10BrClN2O2S/c14-11-4-6-13(7-5-11)20(18,19)17-16-9-10-2-1-3-12(15)8-10/h1-9,17H. The highest BCUT2D eigenvalue weighted by Gasteiger charge is 2.11. The number of halogens is 2. The maximum Gasteiger partial charge on any atom is 0.276 e. The molecule has 0 saturated heterocycles. The summed E-state index contributed by atoms with van der Waals surface area (Å²) in [5, 5.41) is 4.28. The van der Waals surface area contributed by atoms with Gasteiger partial charge in [0.2, 0.25) is 0 Å². The van der Waals surface area contributed by atoms with E-state index in [0.717, 1.165) is 4.47 Å². The third-order valence-electron chi connectivity index (χ3n) is 2.36. The number of nitrogens with zero attached hydrogens (tertiary/aromatic N) is 1. The minimum Gasteiger partial charge on any atom is -0.200 e. The van der Waals surface area contributed by atoms with E-state index in [2.05, 4.69) is 25.9 Å². The molecule has 0 aliphatic heterocycles. The van der Waals surface area contributed by atoms with E-state index >= 15 is 0 Å². The monoisotopic (exact) mass is 372 g/mol. The molecule has 7 heteroatoms. The normalized spacial score (nSPS) is 11.7. The molecule has 0 fully saturated rings. The van der Waals surface area contributed by atoms with E-state index in [9.17, 15) is 8.42 Å². The molecule has 0 radical (unpaired) electrons. The van der Waals surface area contributed by atoms with Gasteiger partial charge >= 0.3 is 0 Å². The summed E-state index contributed by atoms with van der Waals surface area (Å²) in [7, 11) is -3.66. The van der Waals surface area contributed by atoms with Gasteiger partial charge in [-0.25, -0.2) is 4.83 Å². The smallest absolute Gasteiger partial charge is 0.200 e. The van der Waals surface area contributed by atoms with Gasteiger partial charge in [0, 0.05) is 9.50 Å². The summed E-state index contributed by atoms with van der Waals surface area (Å²) in [4.78, 5) is 2.29. The Hall–Kier alpha value is -1.37. The lowest BCUT2D eigenvalue weighted by Gasteiger charge is -2.03. The van der Waals surface area contributed by atoms with Gasteiger partial charge in [-0.15, -0.1) is 0 Å². The van der Waals surface area contributed by atoms with Crippen LogP contribution >= 0.6 is 27.5 Å². The van der Waals surface area contributed by atoms with Crippen LogP contribution in [-0.4, -0.2) is 14.6 Å². The molecule has 0 saturated carbocycles. The highest BCUT2D eigenvalue weighted by molar-refractivity contribution is 9.10. The van der Waals surface area contributed by atoms with Crippen molar-refractivity contribution < 1.29 is 8.42 Å². The van der Waals surface area contributed by atoms with Crippen LogP contribution in [0.1, 0.15) is 5.56 Å². The van der Waals surface area contributed by atoms with Crippen molar-refractivity contribution in [3.8, 4) is 0 Å². The number of sulfonamides is 1. The third kappa shape index (κ3) is 4.06. The van der Waals surface area contributed by atoms with E-state index < -0.39 is 10.0 Å². The average molecular weight is 374 g/mol. The van der Waals surface area contributed by atoms with Gasteiger partial charge in [0.1, 0.15) is 0 Å². The Morgan fingerprint density at radius 1 is 1.15 bits per heavy atom. The highest BCUT2D eigenvalue weighted by Crippen LogP contribution is 2.14. The van der Waals surface area contributed by atoms with Crippen molar-refractivity contribution in [2.24, 2.45) is 5.10 Å². The van der Waals surface area contributed by atoms with Gasteiger partial charge in [-0.2, -0.15) is 13.5 Å². The Bertz CT molecular complexity index is 730. The van der Waals surface area contributed by atoms with E-state index in [0.29, 0.717) is 10.6 Å². The Kier molecular flexibility index (Phi) is 4.80. The Morgan fingerprint density at radius 2 is 1.85 bits per heavy atom. The molecular weight excluding hydrogens is 364 g/mol. The molecule has 4 nitrogen and oxygen atoms in total. The van der Waals surface area contributed by atoms with E-state index in [4.69, 9.17) is 11.6 Å². The minimum absolute atomic E-state index is 0.143. The maximum atomic E-state index is 11.9. The summed E-state index contributed by atoms with van der Waals surface area (Å²) < 4.78 is 24.7. The number of benzene rings is 2. The molecule has 2 aromatic rings. The molecule has 0 atom stereocenters. The summed E-state index contributed by atoms with van der Waals surface area (Å²) in [6, 6.07) is 13.2.